The van der Waals surface area contributed by atoms with Gasteiger partial charge in [0.25, 0.3) is 0 Å². The molecule has 0 unspecified atom stereocenters. The molecule has 0 spiro atoms. The maximum absolute atomic E-state index is 2.73. The van der Waals surface area contributed by atoms with Crippen LogP contribution in [0.4, 0.5) is 17.1 Å². The van der Waals surface area contributed by atoms with Crippen molar-refractivity contribution < 1.29 is 0 Å². The minimum atomic E-state index is -2.73. The highest BCUT2D eigenvalue weighted by atomic mass is 28.3. The van der Waals surface area contributed by atoms with Gasteiger partial charge in [-0.05, 0) is 131 Å². The van der Waals surface area contributed by atoms with Gasteiger partial charge >= 0.3 is 0 Å². The molecular formula is C68H48N2Si. The van der Waals surface area contributed by atoms with Crippen molar-refractivity contribution in [2.45, 2.75) is 0 Å². The topological polar surface area (TPSA) is 8.17 Å². The van der Waals surface area contributed by atoms with Crippen molar-refractivity contribution >= 4 is 89.2 Å². The van der Waals surface area contributed by atoms with Gasteiger partial charge in [-0.15, -0.1) is 0 Å². The van der Waals surface area contributed by atoms with Crippen LogP contribution in [0.2, 0.25) is 0 Å². The lowest BCUT2D eigenvalue weighted by molar-refractivity contribution is 1.18. The zero-order chi connectivity index (χ0) is 47.1. The fraction of sp³-hybridized carbons (Fsp3) is 0. The van der Waals surface area contributed by atoms with E-state index in [0.717, 1.165) is 22.7 Å². The van der Waals surface area contributed by atoms with E-state index in [1.165, 1.54) is 86.4 Å². The molecule has 0 saturated heterocycles. The molecule has 0 N–H and O–H groups in total. The third-order valence-corrected chi connectivity index (χ3v) is 19.3. The summed E-state index contributed by atoms with van der Waals surface area (Å²) in [6.45, 7) is 0. The van der Waals surface area contributed by atoms with E-state index in [2.05, 4.69) is 301 Å². The molecule has 2 nitrogen and oxygen atoms in total. The van der Waals surface area contributed by atoms with E-state index in [9.17, 15) is 0 Å². The second-order valence-electron chi connectivity index (χ2n) is 18.4. The molecule has 0 amide bonds. The summed E-state index contributed by atoms with van der Waals surface area (Å²) in [5.74, 6) is 0. The minimum absolute atomic E-state index is 1.09. The largest absolute Gasteiger partial charge is 0.311 e. The number of aromatic nitrogens is 1. The summed E-state index contributed by atoms with van der Waals surface area (Å²) in [5, 5.41) is 13.0. The van der Waals surface area contributed by atoms with E-state index in [0.29, 0.717) is 0 Å². The fourth-order valence-electron chi connectivity index (χ4n) is 11.3. The standard InChI is InChI=1S/C68H48N2Si/c1-5-19-54(20-6-1)70-66-30-16-15-28-64(66)68-63(29-17-31-67(68)70)51-38-42-56(43-39-51)69(55-40-36-49(37-41-55)53-35-34-52-33-32-50-18-13-14-27-62(50)65(52)48-53)57-44-46-61(47-45-57)71(58-21-7-2-8-22-58,59-23-9-3-10-24-59)60-25-11-4-12-26-60/h1-48H. The molecule has 0 bridgehead atoms. The van der Waals surface area contributed by atoms with Crippen LogP contribution in [0, 0.1) is 0 Å². The smallest absolute Gasteiger partial charge is 0.179 e. The van der Waals surface area contributed by atoms with Crippen LogP contribution < -0.4 is 25.6 Å². The summed E-state index contributed by atoms with van der Waals surface area (Å²) >= 11 is 0. The van der Waals surface area contributed by atoms with Gasteiger partial charge in [-0.2, -0.15) is 0 Å². The Hall–Kier alpha value is -9.02. The number of hydrogen-bond acceptors (Lipinski definition) is 1. The number of anilines is 3. The van der Waals surface area contributed by atoms with Gasteiger partial charge in [-0.1, -0.05) is 224 Å². The highest BCUT2D eigenvalue weighted by molar-refractivity contribution is 7.19. The number of benzene rings is 12. The molecule has 1 heterocycles. The van der Waals surface area contributed by atoms with Crippen molar-refractivity contribution in [1.82, 2.24) is 4.57 Å². The Labute approximate surface area is 415 Å². The van der Waals surface area contributed by atoms with Crippen molar-refractivity contribution in [3.63, 3.8) is 0 Å². The molecule has 13 aromatic rings. The SMILES string of the molecule is c1ccc(-n2c3ccccc3c3c(-c4ccc(N(c5ccc(-c6ccc7ccc8ccccc8c7c6)cc5)c5ccc([Si](c6ccccc6)(c6ccccc6)c6ccccc6)cc5)cc4)cccc32)cc1. The van der Waals surface area contributed by atoms with Crippen molar-refractivity contribution in [2.24, 2.45) is 0 Å². The monoisotopic (exact) mass is 920 g/mol. The van der Waals surface area contributed by atoms with Crippen LogP contribution in [0.5, 0.6) is 0 Å². The highest BCUT2D eigenvalue weighted by Crippen LogP contribution is 2.41. The first kappa shape index (κ1) is 42.1. The Bertz CT molecular complexity index is 3900. The first-order valence-electron chi connectivity index (χ1n) is 24.5. The second-order valence-corrected chi connectivity index (χ2v) is 22.2. The van der Waals surface area contributed by atoms with E-state index < -0.39 is 8.07 Å². The molecule has 0 radical (unpaired) electrons. The average molecular weight is 921 g/mol. The van der Waals surface area contributed by atoms with Crippen LogP contribution >= 0.6 is 0 Å². The number of para-hydroxylation sites is 2. The third kappa shape index (κ3) is 7.26. The Morgan fingerprint density at radius 2 is 0.718 bits per heavy atom. The van der Waals surface area contributed by atoms with E-state index >= 15 is 0 Å². The molecule has 0 atom stereocenters. The van der Waals surface area contributed by atoms with Crippen LogP contribution in [0.15, 0.2) is 291 Å². The van der Waals surface area contributed by atoms with Gasteiger partial charge in [-0.3, -0.25) is 0 Å². The Kier molecular flexibility index (Phi) is 10.6. The summed E-state index contributed by atoms with van der Waals surface area (Å²) in [6, 6.07) is 107. The molecular weight excluding hydrogens is 873 g/mol. The quantitative estimate of drug-likeness (QED) is 0.0754. The Morgan fingerprint density at radius 1 is 0.282 bits per heavy atom. The molecule has 0 aliphatic carbocycles. The van der Waals surface area contributed by atoms with Gasteiger partial charge in [0, 0.05) is 33.5 Å². The maximum Gasteiger partial charge on any atom is 0.179 e. The number of hydrogen-bond donors (Lipinski definition) is 0. The van der Waals surface area contributed by atoms with E-state index in [1.54, 1.807) is 0 Å². The van der Waals surface area contributed by atoms with E-state index in [-0.39, 0.29) is 0 Å². The summed E-state index contributed by atoms with van der Waals surface area (Å²) in [5.41, 5.74) is 11.6. The molecule has 3 heteroatoms. The molecule has 12 aromatic carbocycles. The molecule has 0 fully saturated rings. The average Bonchev–Trinajstić information content (AvgIpc) is 3.80. The maximum atomic E-state index is 2.41. The molecule has 334 valence electrons. The lowest BCUT2D eigenvalue weighted by atomic mass is 9.97. The second kappa shape index (κ2) is 17.8. The Balaban J connectivity index is 0.947. The van der Waals surface area contributed by atoms with Crippen molar-refractivity contribution in [2.75, 3.05) is 4.90 Å². The van der Waals surface area contributed by atoms with Crippen molar-refractivity contribution in [3.8, 4) is 27.9 Å². The summed E-state index contributed by atoms with van der Waals surface area (Å²) in [6.07, 6.45) is 0. The molecule has 0 saturated carbocycles. The zero-order valence-electron chi connectivity index (χ0n) is 39.1. The van der Waals surface area contributed by atoms with Crippen molar-refractivity contribution in [1.29, 1.82) is 0 Å². The van der Waals surface area contributed by atoms with Crippen LogP contribution in [0.3, 0.4) is 0 Å². The number of rotatable bonds is 10. The minimum Gasteiger partial charge on any atom is -0.311 e. The molecule has 0 aliphatic heterocycles. The van der Waals surface area contributed by atoms with Gasteiger partial charge in [0.1, 0.15) is 0 Å². The normalized spacial score (nSPS) is 11.7. The van der Waals surface area contributed by atoms with Crippen LogP contribution in [-0.2, 0) is 0 Å². The number of nitrogens with zero attached hydrogens (tertiary/aromatic N) is 2. The Morgan fingerprint density at radius 3 is 1.32 bits per heavy atom. The van der Waals surface area contributed by atoms with Crippen LogP contribution in [0.25, 0.3) is 71.3 Å². The van der Waals surface area contributed by atoms with Gasteiger partial charge in [0.05, 0.1) is 11.0 Å². The lowest BCUT2D eigenvalue weighted by Crippen LogP contribution is -2.74. The van der Waals surface area contributed by atoms with Gasteiger partial charge in [-0.25, -0.2) is 0 Å². The summed E-state index contributed by atoms with van der Waals surface area (Å²) < 4.78 is 2.39. The molecule has 71 heavy (non-hydrogen) atoms. The van der Waals surface area contributed by atoms with Crippen molar-refractivity contribution in [3.05, 3.63) is 291 Å². The van der Waals surface area contributed by atoms with E-state index in [1.807, 2.05) is 0 Å². The predicted octanol–water partition coefficient (Wildman–Crippen LogP) is 15.3. The number of fused-ring (bicyclic) bond motifs is 6. The summed E-state index contributed by atoms with van der Waals surface area (Å²) in [7, 11) is -2.73. The zero-order valence-corrected chi connectivity index (χ0v) is 40.1. The van der Waals surface area contributed by atoms with Gasteiger partial charge in [0.2, 0.25) is 0 Å². The first-order chi connectivity index (χ1) is 35.2. The fourth-order valence-corrected chi connectivity index (χ4v) is 16.0. The third-order valence-electron chi connectivity index (χ3n) is 14.5. The molecule has 0 aliphatic rings. The first-order valence-corrected chi connectivity index (χ1v) is 26.5. The van der Waals surface area contributed by atoms with E-state index in [4.69, 9.17) is 0 Å². The molecule has 13 rings (SSSR count). The molecule has 1 aromatic heterocycles. The van der Waals surface area contributed by atoms with Crippen LogP contribution in [-0.4, -0.2) is 12.6 Å². The highest BCUT2D eigenvalue weighted by Gasteiger charge is 2.41. The predicted molar refractivity (Wildman–Crippen MR) is 305 cm³/mol. The lowest BCUT2D eigenvalue weighted by Gasteiger charge is -2.35. The van der Waals surface area contributed by atoms with Gasteiger partial charge < -0.3 is 9.47 Å². The van der Waals surface area contributed by atoms with Crippen LogP contribution in [0.1, 0.15) is 0 Å². The summed E-state index contributed by atoms with van der Waals surface area (Å²) in [4.78, 5) is 2.41. The van der Waals surface area contributed by atoms with Gasteiger partial charge in [0.15, 0.2) is 8.07 Å².